The van der Waals surface area contributed by atoms with E-state index < -0.39 is 0 Å². The van der Waals surface area contributed by atoms with Crippen LogP contribution in [-0.2, 0) is 9.53 Å². The van der Waals surface area contributed by atoms with E-state index in [9.17, 15) is 4.79 Å². The minimum absolute atomic E-state index is 0.0619. The molecule has 0 saturated carbocycles. The van der Waals surface area contributed by atoms with Crippen LogP contribution < -0.4 is 10.6 Å². The molecule has 1 aliphatic heterocycles. The molecule has 4 heteroatoms. The van der Waals surface area contributed by atoms with Gasteiger partial charge in [-0.2, -0.15) is 0 Å². The maximum absolute atomic E-state index is 12.2. The first-order chi connectivity index (χ1) is 11.6. The van der Waals surface area contributed by atoms with Gasteiger partial charge in [-0.25, -0.2) is 0 Å². The summed E-state index contributed by atoms with van der Waals surface area (Å²) in [4.78, 5) is 12.2. The number of ether oxygens (including phenoxy) is 1. The largest absolute Gasteiger partial charge is 0.381 e. The zero-order valence-corrected chi connectivity index (χ0v) is 14.3. The summed E-state index contributed by atoms with van der Waals surface area (Å²) < 4.78 is 5.30. The van der Waals surface area contributed by atoms with Gasteiger partial charge >= 0.3 is 0 Å². The van der Waals surface area contributed by atoms with Gasteiger partial charge in [0.1, 0.15) is 0 Å². The number of rotatable bonds is 4. The first-order valence-electron chi connectivity index (χ1n) is 8.44. The highest BCUT2D eigenvalue weighted by molar-refractivity contribution is 5.92. The first-order valence-corrected chi connectivity index (χ1v) is 8.44. The predicted octanol–water partition coefficient (Wildman–Crippen LogP) is 4.41. The van der Waals surface area contributed by atoms with Crippen molar-refractivity contribution in [2.45, 2.75) is 26.7 Å². The molecule has 126 valence electrons. The summed E-state index contributed by atoms with van der Waals surface area (Å²) >= 11 is 0. The third-order valence-electron chi connectivity index (χ3n) is 4.25. The van der Waals surface area contributed by atoms with Crippen LogP contribution in [0.15, 0.2) is 42.5 Å². The average Bonchev–Trinajstić information content (AvgIpc) is 2.56. The normalized spacial score (nSPS) is 15.1. The minimum atomic E-state index is 0.0619. The lowest BCUT2D eigenvalue weighted by molar-refractivity contribution is -0.122. The monoisotopic (exact) mass is 324 g/mol. The summed E-state index contributed by atoms with van der Waals surface area (Å²) in [6.45, 7) is 5.54. The van der Waals surface area contributed by atoms with Crippen LogP contribution in [0.2, 0.25) is 0 Å². The number of hydrogen-bond donors (Lipinski definition) is 2. The van der Waals surface area contributed by atoms with Gasteiger partial charge in [-0.15, -0.1) is 0 Å². The second-order valence-electron chi connectivity index (χ2n) is 6.45. The standard InChI is InChI=1S/C20H24N2O2/c1-14-11-15(2)13-19(12-14)21-17-3-5-18(6-4-17)22-20(23)16-7-9-24-10-8-16/h3-6,11-13,16,21H,7-10H2,1-2H3,(H,22,23). The Kier molecular flexibility index (Phi) is 5.16. The Morgan fingerprint density at radius 3 is 2.12 bits per heavy atom. The molecule has 0 aliphatic carbocycles. The van der Waals surface area contributed by atoms with Crippen LogP contribution in [0.25, 0.3) is 0 Å². The number of carbonyl (C=O) groups excluding carboxylic acids is 1. The summed E-state index contributed by atoms with van der Waals surface area (Å²) in [5, 5.41) is 6.40. The van der Waals surface area contributed by atoms with E-state index in [2.05, 4.69) is 42.7 Å². The third kappa shape index (κ3) is 4.36. The summed E-state index contributed by atoms with van der Waals surface area (Å²) in [5.41, 5.74) is 5.38. The van der Waals surface area contributed by atoms with Crippen molar-refractivity contribution in [3.8, 4) is 0 Å². The molecule has 1 fully saturated rings. The Labute approximate surface area is 143 Å². The lowest BCUT2D eigenvalue weighted by Crippen LogP contribution is -2.28. The molecular weight excluding hydrogens is 300 g/mol. The van der Waals surface area contributed by atoms with Crippen molar-refractivity contribution in [1.29, 1.82) is 0 Å². The highest BCUT2D eigenvalue weighted by atomic mass is 16.5. The summed E-state index contributed by atoms with van der Waals surface area (Å²) in [7, 11) is 0. The maximum Gasteiger partial charge on any atom is 0.227 e. The smallest absolute Gasteiger partial charge is 0.227 e. The van der Waals surface area contributed by atoms with Crippen molar-refractivity contribution >= 4 is 23.0 Å². The molecule has 1 amide bonds. The second kappa shape index (κ2) is 7.49. The van der Waals surface area contributed by atoms with Crippen molar-refractivity contribution in [2.75, 3.05) is 23.8 Å². The fourth-order valence-corrected chi connectivity index (χ4v) is 3.05. The van der Waals surface area contributed by atoms with Gasteiger partial charge in [0.15, 0.2) is 0 Å². The van der Waals surface area contributed by atoms with Crippen LogP contribution in [0.4, 0.5) is 17.1 Å². The van der Waals surface area contributed by atoms with Crippen molar-refractivity contribution in [1.82, 2.24) is 0 Å². The summed E-state index contributed by atoms with van der Waals surface area (Å²) in [5.74, 6) is 0.153. The van der Waals surface area contributed by atoms with Gasteiger partial charge in [-0.3, -0.25) is 4.79 Å². The lowest BCUT2D eigenvalue weighted by atomic mass is 9.99. The highest BCUT2D eigenvalue weighted by Crippen LogP contribution is 2.22. The Hall–Kier alpha value is -2.33. The van der Waals surface area contributed by atoms with Crippen molar-refractivity contribution in [2.24, 2.45) is 5.92 Å². The van der Waals surface area contributed by atoms with Crippen molar-refractivity contribution in [3.63, 3.8) is 0 Å². The zero-order valence-electron chi connectivity index (χ0n) is 14.3. The Balaban J connectivity index is 1.61. The Bertz CT molecular complexity index is 684. The van der Waals surface area contributed by atoms with Gasteiger partial charge in [0.25, 0.3) is 0 Å². The number of anilines is 3. The quantitative estimate of drug-likeness (QED) is 0.876. The lowest BCUT2D eigenvalue weighted by Gasteiger charge is -2.21. The number of carbonyl (C=O) groups is 1. The van der Waals surface area contributed by atoms with Gasteiger partial charge in [0, 0.05) is 36.2 Å². The molecule has 1 saturated heterocycles. The molecule has 3 rings (SSSR count). The second-order valence-corrected chi connectivity index (χ2v) is 6.45. The van der Waals surface area contributed by atoms with Gasteiger partial charge in [0.05, 0.1) is 0 Å². The van der Waals surface area contributed by atoms with E-state index in [1.165, 1.54) is 11.1 Å². The molecule has 1 aliphatic rings. The predicted molar refractivity (Wildman–Crippen MR) is 97.8 cm³/mol. The van der Waals surface area contributed by atoms with Crippen molar-refractivity contribution < 1.29 is 9.53 Å². The van der Waals surface area contributed by atoms with E-state index in [0.29, 0.717) is 13.2 Å². The SMILES string of the molecule is Cc1cc(C)cc(Nc2ccc(NC(=O)C3CCOCC3)cc2)c1. The van der Waals surface area contributed by atoms with Crippen molar-refractivity contribution in [3.05, 3.63) is 53.6 Å². The topological polar surface area (TPSA) is 50.4 Å². The molecule has 0 radical (unpaired) electrons. The van der Waals surface area contributed by atoms with Gasteiger partial charge in [-0.05, 0) is 74.2 Å². The fraction of sp³-hybridized carbons (Fsp3) is 0.350. The number of nitrogens with one attached hydrogen (secondary N) is 2. The van der Waals surface area contributed by atoms with E-state index >= 15 is 0 Å². The molecule has 0 aromatic heterocycles. The van der Waals surface area contributed by atoms with Crippen LogP contribution >= 0.6 is 0 Å². The fourth-order valence-electron chi connectivity index (χ4n) is 3.05. The molecule has 0 bridgehead atoms. The number of hydrogen-bond acceptors (Lipinski definition) is 3. The minimum Gasteiger partial charge on any atom is -0.381 e. The van der Waals surface area contributed by atoms with E-state index in [4.69, 9.17) is 4.74 Å². The molecule has 0 unspecified atom stereocenters. The molecule has 24 heavy (non-hydrogen) atoms. The van der Waals surface area contributed by atoms with Gasteiger partial charge < -0.3 is 15.4 Å². The average molecular weight is 324 g/mol. The first kappa shape index (κ1) is 16.5. The van der Waals surface area contributed by atoms with Crippen LogP contribution in [0.5, 0.6) is 0 Å². The summed E-state index contributed by atoms with van der Waals surface area (Å²) in [6, 6.07) is 14.2. The highest BCUT2D eigenvalue weighted by Gasteiger charge is 2.21. The molecule has 0 atom stereocenters. The number of amides is 1. The van der Waals surface area contributed by atoms with E-state index in [1.807, 2.05) is 24.3 Å². The molecular formula is C20H24N2O2. The summed E-state index contributed by atoms with van der Waals surface area (Å²) in [6.07, 6.45) is 1.61. The van der Waals surface area contributed by atoms with E-state index in [-0.39, 0.29) is 11.8 Å². The number of aryl methyl sites for hydroxylation is 2. The molecule has 4 nitrogen and oxygen atoms in total. The third-order valence-corrected chi connectivity index (χ3v) is 4.25. The van der Waals surface area contributed by atoms with Gasteiger partial charge in [-0.1, -0.05) is 6.07 Å². The van der Waals surface area contributed by atoms with Crippen LogP contribution in [0.1, 0.15) is 24.0 Å². The van der Waals surface area contributed by atoms with Crippen LogP contribution in [-0.4, -0.2) is 19.1 Å². The molecule has 2 N–H and O–H groups in total. The number of benzene rings is 2. The molecule has 2 aromatic carbocycles. The van der Waals surface area contributed by atoms with Crippen LogP contribution in [0.3, 0.4) is 0 Å². The molecule has 0 spiro atoms. The van der Waals surface area contributed by atoms with E-state index in [1.54, 1.807) is 0 Å². The molecule has 1 heterocycles. The molecule has 2 aromatic rings. The van der Waals surface area contributed by atoms with Gasteiger partial charge in [0.2, 0.25) is 5.91 Å². The van der Waals surface area contributed by atoms with E-state index in [0.717, 1.165) is 29.9 Å². The Morgan fingerprint density at radius 2 is 1.50 bits per heavy atom. The van der Waals surface area contributed by atoms with Crippen LogP contribution in [0, 0.1) is 19.8 Å². The Morgan fingerprint density at radius 1 is 0.917 bits per heavy atom. The maximum atomic E-state index is 12.2. The zero-order chi connectivity index (χ0) is 16.9.